The van der Waals surface area contributed by atoms with E-state index in [2.05, 4.69) is 0 Å². The lowest BCUT2D eigenvalue weighted by molar-refractivity contribution is 0.542. The quantitative estimate of drug-likeness (QED) is 0.545. The SMILES string of the molecule is CC(C)(C)c1cc(F)c(C(=N)N)c(F)c1. The predicted molar refractivity (Wildman–Crippen MR) is 56.1 cm³/mol. The largest absolute Gasteiger partial charge is 0.384 e. The van der Waals surface area contributed by atoms with Gasteiger partial charge in [0.05, 0.1) is 5.56 Å². The highest BCUT2D eigenvalue weighted by molar-refractivity contribution is 5.95. The zero-order chi connectivity index (χ0) is 11.8. The molecule has 0 radical (unpaired) electrons. The Morgan fingerprint density at radius 2 is 1.60 bits per heavy atom. The van der Waals surface area contributed by atoms with Gasteiger partial charge in [0.2, 0.25) is 0 Å². The van der Waals surface area contributed by atoms with Crippen molar-refractivity contribution < 1.29 is 8.78 Å². The first-order valence-corrected chi connectivity index (χ1v) is 4.57. The van der Waals surface area contributed by atoms with E-state index >= 15 is 0 Å². The summed E-state index contributed by atoms with van der Waals surface area (Å²) in [6.45, 7) is 5.57. The van der Waals surface area contributed by atoms with Gasteiger partial charge in [0.1, 0.15) is 17.5 Å². The van der Waals surface area contributed by atoms with Gasteiger partial charge in [-0.05, 0) is 23.1 Å². The molecule has 15 heavy (non-hydrogen) atoms. The van der Waals surface area contributed by atoms with Gasteiger partial charge >= 0.3 is 0 Å². The number of rotatable bonds is 1. The van der Waals surface area contributed by atoms with Gasteiger partial charge in [-0.2, -0.15) is 0 Å². The minimum Gasteiger partial charge on any atom is -0.384 e. The van der Waals surface area contributed by atoms with E-state index in [0.717, 1.165) is 0 Å². The third-order valence-corrected chi connectivity index (χ3v) is 2.18. The number of amidine groups is 1. The maximum atomic E-state index is 13.4. The van der Waals surface area contributed by atoms with E-state index in [4.69, 9.17) is 11.1 Å². The van der Waals surface area contributed by atoms with Crippen LogP contribution in [0.1, 0.15) is 31.9 Å². The monoisotopic (exact) mass is 212 g/mol. The van der Waals surface area contributed by atoms with Crippen molar-refractivity contribution in [3.63, 3.8) is 0 Å². The maximum absolute atomic E-state index is 13.4. The Morgan fingerprint density at radius 3 is 1.87 bits per heavy atom. The summed E-state index contributed by atoms with van der Waals surface area (Å²) in [6, 6.07) is 2.44. The summed E-state index contributed by atoms with van der Waals surface area (Å²) in [6.07, 6.45) is 0. The molecular formula is C11H14F2N2. The van der Waals surface area contributed by atoms with E-state index in [9.17, 15) is 8.78 Å². The molecule has 0 aliphatic rings. The molecule has 4 heteroatoms. The van der Waals surface area contributed by atoms with Crippen LogP contribution in [0, 0.1) is 17.0 Å². The minimum atomic E-state index is -0.785. The molecule has 0 aliphatic carbocycles. The minimum absolute atomic E-state index is 0.336. The maximum Gasteiger partial charge on any atom is 0.137 e. The van der Waals surface area contributed by atoms with Gasteiger partial charge in [-0.3, -0.25) is 5.41 Å². The van der Waals surface area contributed by atoms with Gasteiger partial charge in [0.15, 0.2) is 0 Å². The highest BCUT2D eigenvalue weighted by atomic mass is 19.1. The average molecular weight is 212 g/mol. The Morgan fingerprint density at radius 1 is 1.20 bits per heavy atom. The average Bonchev–Trinajstić information content (AvgIpc) is 1.99. The Bertz CT molecular complexity index is 383. The topological polar surface area (TPSA) is 49.9 Å². The van der Waals surface area contributed by atoms with Crippen molar-refractivity contribution >= 4 is 5.84 Å². The number of hydrogen-bond acceptors (Lipinski definition) is 1. The normalized spacial score (nSPS) is 11.5. The van der Waals surface area contributed by atoms with Crippen molar-refractivity contribution in [2.45, 2.75) is 26.2 Å². The number of halogens is 2. The number of nitrogen functional groups attached to an aromatic ring is 1. The second-order valence-electron chi connectivity index (χ2n) is 4.48. The van der Waals surface area contributed by atoms with Crippen LogP contribution >= 0.6 is 0 Å². The Kier molecular flexibility index (Phi) is 2.79. The summed E-state index contributed by atoms with van der Waals surface area (Å²) < 4.78 is 26.9. The van der Waals surface area contributed by atoms with E-state index in [1.54, 1.807) is 0 Å². The molecule has 0 aliphatic heterocycles. The molecule has 0 heterocycles. The Hall–Kier alpha value is -1.45. The lowest BCUT2D eigenvalue weighted by Crippen LogP contribution is -2.18. The molecule has 0 amide bonds. The molecule has 0 fully saturated rings. The van der Waals surface area contributed by atoms with Crippen molar-refractivity contribution in [1.82, 2.24) is 0 Å². The molecule has 0 atom stereocenters. The summed E-state index contributed by atoms with van der Waals surface area (Å²) in [5, 5.41) is 7.04. The standard InChI is InChI=1S/C11H14F2N2/c1-11(2,3)6-4-7(12)9(10(14)15)8(13)5-6/h4-5H,1-3H3,(H3,14,15). The number of nitrogens with two attached hydrogens (primary N) is 1. The van der Waals surface area contributed by atoms with Crippen LogP contribution in [-0.2, 0) is 5.41 Å². The summed E-state index contributed by atoms with van der Waals surface area (Å²) in [5.74, 6) is -2.16. The summed E-state index contributed by atoms with van der Waals surface area (Å²) in [4.78, 5) is 0. The molecule has 0 unspecified atom stereocenters. The van der Waals surface area contributed by atoms with Crippen LogP contribution in [0.3, 0.4) is 0 Å². The Labute approximate surface area is 87.6 Å². The van der Waals surface area contributed by atoms with Gasteiger partial charge in [0.25, 0.3) is 0 Å². The smallest absolute Gasteiger partial charge is 0.137 e. The van der Waals surface area contributed by atoms with Crippen molar-refractivity contribution in [2.75, 3.05) is 0 Å². The number of benzene rings is 1. The Balaban J connectivity index is 3.39. The van der Waals surface area contributed by atoms with E-state index in [1.165, 1.54) is 12.1 Å². The van der Waals surface area contributed by atoms with Gasteiger partial charge in [-0.1, -0.05) is 20.8 Å². The summed E-state index contributed by atoms with van der Waals surface area (Å²) >= 11 is 0. The van der Waals surface area contributed by atoms with Crippen molar-refractivity contribution in [1.29, 1.82) is 5.41 Å². The van der Waals surface area contributed by atoms with E-state index in [0.29, 0.717) is 5.56 Å². The van der Waals surface area contributed by atoms with Gasteiger partial charge in [0, 0.05) is 0 Å². The molecule has 0 saturated carbocycles. The molecular weight excluding hydrogens is 198 g/mol. The van der Waals surface area contributed by atoms with Crippen molar-refractivity contribution in [3.05, 3.63) is 34.9 Å². The van der Waals surface area contributed by atoms with Crippen LogP contribution in [0.2, 0.25) is 0 Å². The van der Waals surface area contributed by atoms with E-state index in [1.807, 2.05) is 20.8 Å². The van der Waals surface area contributed by atoms with Crippen LogP contribution in [0.4, 0.5) is 8.78 Å². The summed E-state index contributed by atoms with van der Waals surface area (Å²) in [7, 11) is 0. The van der Waals surface area contributed by atoms with Gasteiger partial charge in [-0.25, -0.2) is 8.78 Å². The second-order valence-corrected chi connectivity index (χ2v) is 4.48. The van der Waals surface area contributed by atoms with E-state index < -0.39 is 23.0 Å². The molecule has 1 rings (SSSR count). The zero-order valence-corrected chi connectivity index (χ0v) is 8.99. The summed E-state index contributed by atoms with van der Waals surface area (Å²) in [5.41, 5.74) is 4.83. The first-order chi connectivity index (χ1) is 6.73. The zero-order valence-electron chi connectivity index (χ0n) is 8.99. The highest BCUT2D eigenvalue weighted by Gasteiger charge is 2.20. The second kappa shape index (κ2) is 3.61. The molecule has 1 aromatic rings. The van der Waals surface area contributed by atoms with Gasteiger partial charge < -0.3 is 5.73 Å². The predicted octanol–water partition coefficient (Wildman–Crippen LogP) is 2.55. The first kappa shape index (κ1) is 11.6. The van der Waals surface area contributed by atoms with Crippen molar-refractivity contribution in [2.24, 2.45) is 5.73 Å². The molecule has 1 aromatic carbocycles. The van der Waals surface area contributed by atoms with Crippen LogP contribution in [0.15, 0.2) is 12.1 Å². The molecule has 2 nitrogen and oxygen atoms in total. The van der Waals surface area contributed by atoms with Crippen LogP contribution in [0.5, 0.6) is 0 Å². The fourth-order valence-electron chi connectivity index (χ4n) is 1.26. The first-order valence-electron chi connectivity index (χ1n) is 4.57. The lowest BCUT2D eigenvalue weighted by Gasteiger charge is -2.20. The fourth-order valence-corrected chi connectivity index (χ4v) is 1.26. The van der Waals surface area contributed by atoms with Crippen LogP contribution in [0.25, 0.3) is 0 Å². The molecule has 0 bridgehead atoms. The van der Waals surface area contributed by atoms with Crippen LogP contribution < -0.4 is 5.73 Å². The van der Waals surface area contributed by atoms with E-state index in [-0.39, 0.29) is 5.41 Å². The number of hydrogen-bond donors (Lipinski definition) is 2. The molecule has 82 valence electrons. The third kappa shape index (κ3) is 2.32. The molecule has 0 saturated heterocycles. The third-order valence-electron chi connectivity index (χ3n) is 2.18. The molecule has 3 N–H and O–H groups in total. The number of nitrogens with one attached hydrogen (secondary N) is 1. The lowest BCUT2D eigenvalue weighted by atomic mass is 9.86. The molecule has 0 aromatic heterocycles. The van der Waals surface area contributed by atoms with Crippen molar-refractivity contribution in [3.8, 4) is 0 Å². The molecule has 0 spiro atoms. The van der Waals surface area contributed by atoms with Crippen LogP contribution in [-0.4, -0.2) is 5.84 Å². The fraction of sp³-hybridized carbons (Fsp3) is 0.364. The highest BCUT2D eigenvalue weighted by Crippen LogP contribution is 2.25. The van der Waals surface area contributed by atoms with Gasteiger partial charge in [-0.15, -0.1) is 0 Å².